The number of benzene rings is 2. The van der Waals surface area contributed by atoms with E-state index in [-0.39, 0.29) is 17.4 Å². The Morgan fingerprint density at radius 2 is 1.86 bits per heavy atom. The van der Waals surface area contributed by atoms with Crippen molar-refractivity contribution in [3.05, 3.63) is 65.2 Å². The van der Waals surface area contributed by atoms with Crippen molar-refractivity contribution >= 4 is 23.1 Å². The summed E-state index contributed by atoms with van der Waals surface area (Å²) in [6.45, 7) is 9.50. The Kier molecular flexibility index (Phi) is 8.31. The molecular weight excluding hydrogens is 456 g/mol. The molecule has 0 bridgehead atoms. The minimum Gasteiger partial charge on any atom is -0.507 e. The van der Waals surface area contributed by atoms with E-state index in [9.17, 15) is 14.7 Å². The number of Topliss-reactive ketones (excluding diaryl/α,β-unsaturated/α-hetero) is 1. The highest BCUT2D eigenvalue weighted by atomic mass is 16.5. The molecule has 7 nitrogen and oxygen atoms in total. The Labute approximate surface area is 213 Å². The van der Waals surface area contributed by atoms with Crippen molar-refractivity contribution in [3.63, 3.8) is 0 Å². The van der Waals surface area contributed by atoms with Gasteiger partial charge in [0.1, 0.15) is 11.5 Å². The number of hydrogen-bond donors (Lipinski definition) is 1. The maximum absolute atomic E-state index is 13.3. The predicted molar refractivity (Wildman–Crippen MR) is 140 cm³/mol. The fourth-order valence-corrected chi connectivity index (χ4v) is 4.99. The molecule has 2 aliphatic heterocycles. The van der Waals surface area contributed by atoms with Crippen LogP contribution in [0.25, 0.3) is 5.76 Å². The van der Waals surface area contributed by atoms with E-state index in [1.54, 1.807) is 23.1 Å². The third-order valence-corrected chi connectivity index (χ3v) is 6.88. The monoisotopic (exact) mass is 492 g/mol. The van der Waals surface area contributed by atoms with Gasteiger partial charge >= 0.3 is 0 Å². The number of amides is 1. The van der Waals surface area contributed by atoms with E-state index < -0.39 is 17.7 Å². The van der Waals surface area contributed by atoms with Gasteiger partial charge in [-0.1, -0.05) is 31.2 Å². The molecule has 0 spiro atoms. The summed E-state index contributed by atoms with van der Waals surface area (Å²) in [7, 11) is 0. The molecule has 0 aliphatic carbocycles. The molecule has 0 aromatic heterocycles. The van der Waals surface area contributed by atoms with E-state index in [4.69, 9.17) is 9.47 Å². The largest absolute Gasteiger partial charge is 0.507 e. The Balaban J connectivity index is 1.77. The Morgan fingerprint density at radius 1 is 1.11 bits per heavy atom. The standard InChI is InChI=1S/C29H36N2O5/c1-4-16-35-23-10-7-9-21(18-23)27(32)25-26(20-12-14-22(15-13-20)30(5-2)6-3)31(29(34)28(25)33)19-24-11-8-17-36-24/h7,9-10,12-15,18,24,26,32H,4-6,8,11,16-17,19H2,1-3H3/b27-25-. The molecule has 1 amide bonds. The first-order chi connectivity index (χ1) is 17.5. The van der Waals surface area contributed by atoms with Crippen LogP contribution in [0, 0.1) is 0 Å². The molecule has 2 aromatic rings. The fourth-order valence-electron chi connectivity index (χ4n) is 4.99. The van der Waals surface area contributed by atoms with Gasteiger partial charge in [0.25, 0.3) is 11.7 Å². The first-order valence-electron chi connectivity index (χ1n) is 13.0. The normalized spacial score (nSPS) is 21.2. The highest BCUT2D eigenvalue weighted by molar-refractivity contribution is 6.46. The van der Waals surface area contributed by atoms with Crippen molar-refractivity contribution in [1.29, 1.82) is 0 Å². The predicted octanol–water partition coefficient (Wildman–Crippen LogP) is 4.92. The van der Waals surface area contributed by atoms with E-state index in [2.05, 4.69) is 18.7 Å². The number of anilines is 1. The number of aliphatic hydroxyl groups is 1. The number of hydrogen-bond acceptors (Lipinski definition) is 6. The summed E-state index contributed by atoms with van der Waals surface area (Å²) in [5.74, 6) is -0.871. The average Bonchev–Trinajstić information content (AvgIpc) is 3.51. The lowest BCUT2D eigenvalue weighted by Gasteiger charge is -2.28. The minimum atomic E-state index is -0.694. The number of likely N-dealkylation sites (tertiary alicyclic amines) is 1. The summed E-state index contributed by atoms with van der Waals surface area (Å²) in [5, 5.41) is 11.4. The second-order valence-corrected chi connectivity index (χ2v) is 9.23. The Bertz CT molecular complexity index is 1100. The van der Waals surface area contributed by atoms with Gasteiger partial charge in [-0.25, -0.2) is 0 Å². The van der Waals surface area contributed by atoms with Crippen molar-refractivity contribution in [3.8, 4) is 5.75 Å². The van der Waals surface area contributed by atoms with Gasteiger partial charge in [0.15, 0.2) is 0 Å². The minimum absolute atomic E-state index is 0.0984. The lowest BCUT2D eigenvalue weighted by Crippen LogP contribution is -2.36. The van der Waals surface area contributed by atoms with Gasteiger partial charge in [-0.05, 0) is 62.9 Å². The molecule has 0 saturated carbocycles. The first kappa shape index (κ1) is 25.8. The van der Waals surface area contributed by atoms with Crippen LogP contribution in [0.5, 0.6) is 5.75 Å². The first-order valence-corrected chi connectivity index (χ1v) is 13.0. The zero-order valence-electron chi connectivity index (χ0n) is 21.4. The maximum atomic E-state index is 13.3. The van der Waals surface area contributed by atoms with Crippen LogP contribution in [-0.4, -0.2) is 60.6 Å². The van der Waals surface area contributed by atoms with Gasteiger partial charge < -0.3 is 24.4 Å². The van der Waals surface area contributed by atoms with Crippen LogP contribution in [0.3, 0.4) is 0 Å². The molecule has 0 radical (unpaired) electrons. The van der Waals surface area contributed by atoms with E-state index >= 15 is 0 Å². The average molecular weight is 493 g/mol. The Morgan fingerprint density at radius 3 is 2.50 bits per heavy atom. The van der Waals surface area contributed by atoms with Crippen molar-refractivity contribution in [2.75, 3.05) is 37.7 Å². The van der Waals surface area contributed by atoms with Gasteiger partial charge in [0.2, 0.25) is 0 Å². The molecule has 7 heteroatoms. The summed E-state index contributed by atoms with van der Waals surface area (Å²) in [6, 6.07) is 14.2. The topological polar surface area (TPSA) is 79.3 Å². The van der Waals surface area contributed by atoms with Gasteiger partial charge in [0.05, 0.1) is 24.3 Å². The van der Waals surface area contributed by atoms with Crippen LogP contribution in [0.1, 0.15) is 57.2 Å². The van der Waals surface area contributed by atoms with Crippen molar-refractivity contribution in [2.45, 2.75) is 52.2 Å². The molecule has 2 atom stereocenters. The Hall–Kier alpha value is -3.32. The molecule has 2 saturated heterocycles. The van der Waals surface area contributed by atoms with E-state index in [0.717, 1.165) is 43.6 Å². The number of aliphatic hydroxyl groups excluding tert-OH is 1. The number of carbonyl (C=O) groups is 2. The second-order valence-electron chi connectivity index (χ2n) is 9.23. The number of carbonyl (C=O) groups excluding carboxylic acids is 2. The highest BCUT2D eigenvalue weighted by Gasteiger charge is 2.47. The summed E-state index contributed by atoms with van der Waals surface area (Å²) in [4.78, 5) is 30.4. The zero-order chi connectivity index (χ0) is 25.7. The van der Waals surface area contributed by atoms with Gasteiger partial charge in [-0.15, -0.1) is 0 Å². The van der Waals surface area contributed by atoms with Crippen molar-refractivity contribution < 1.29 is 24.2 Å². The quantitative estimate of drug-likeness (QED) is 0.288. The molecule has 2 heterocycles. The zero-order valence-corrected chi connectivity index (χ0v) is 21.4. The maximum Gasteiger partial charge on any atom is 0.295 e. The molecular formula is C29H36N2O5. The summed E-state index contributed by atoms with van der Waals surface area (Å²) < 4.78 is 11.5. The van der Waals surface area contributed by atoms with Gasteiger partial charge in [-0.3, -0.25) is 9.59 Å². The van der Waals surface area contributed by atoms with E-state index in [0.29, 0.717) is 31.1 Å². The molecule has 1 N–H and O–H groups in total. The third kappa shape index (κ3) is 5.26. The van der Waals surface area contributed by atoms with Gasteiger partial charge in [-0.2, -0.15) is 0 Å². The van der Waals surface area contributed by atoms with Crippen molar-refractivity contribution in [1.82, 2.24) is 4.90 Å². The van der Waals surface area contributed by atoms with Gasteiger partial charge in [0, 0.05) is 37.5 Å². The van der Waals surface area contributed by atoms with E-state index in [1.165, 1.54) is 0 Å². The number of nitrogens with zero attached hydrogens (tertiary/aromatic N) is 2. The second kappa shape index (κ2) is 11.6. The van der Waals surface area contributed by atoms with E-state index in [1.807, 2.05) is 37.3 Å². The summed E-state index contributed by atoms with van der Waals surface area (Å²) >= 11 is 0. The molecule has 192 valence electrons. The van der Waals surface area contributed by atoms with Crippen LogP contribution in [-0.2, 0) is 14.3 Å². The smallest absolute Gasteiger partial charge is 0.295 e. The molecule has 2 fully saturated rings. The number of ketones is 1. The lowest BCUT2D eigenvalue weighted by atomic mass is 9.94. The number of rotatable bonds is 10. The number of ether oxygens (including phenoxy) is 2. The van der Waals surface area contributed by atoms with Crippen LogP contribution >= 0.6 is 0 Å². The molecule has 4 rings (SSSR count). The lowest BCUT2D eigenvalue weighted by molar-refractivity contribution is -0.140. The summed E-state index contributed by atoms with van der Waals surface area (Å²) in [5.41, 5.74) is 2.40. The molecule has 2 aromatic carbocycles. The highest BCUT2D eigenvalue weighted by Crippen LogP contribution is 2.40. The van der Waals surface area contributed by atoms with Crippen molar-refractivity contribution in [2.24, 2.45) is 0 Å². The third-order valence-electron chi connectivity index (χ3n) is 6.88. The molecule has 36 heavy (non-hydrogen) atoms. The SMILES string of the molecule is CCCOc1cccc(/C(O)=C2/C(=O)C(=O)N(CC3CCCO3)C2c2ccc(N(CC)CC)cc2)c1. The van der Waals surface area contributed by atoms with Crippen LogP contribution in [0.2, 0.25) is 0 Å². The molecule has 2 aliphatic rings. The molecule has 2 unspecified atom stereocenters. The van der Waals surface area contributed by atoms with Crippen LogP contribution in [0.4, 0.5) is 5.69 Å². The van der Waals surface area contributed by atoms with Crippen LogP contribution < -0.4 is 9.64 Å². The van der Waals surface area contributed by atoms with Crippen LogP contribution in [0.15, 0.2) is 54.1 Å². The summed E-state index contributed by atoms with van der Waals surface area (Å²) in [6.07, 6.45) is 2.51. The fraction of sp³-hybridized carbons (Fsp3) is 0.448.